The number of nitrogens with zero attached hydrogens (tertiary/aromatic N) is 2. The molecule has 6 nitrogen and oxygen atoms in total. The average Bonchev–Trinajstić information content (AvgIpc) is 3.34. The van der Waals surface area contributed by atoms with E-state index < -0.39 is 23.6 Å². The van der Waals surface area contributed by atoms with E-state index in [0.29, 0.717) is 17.3 Å². The maximum atomic E-state index is 13.3. The first-order valence-corrected chi connectivity index (χ1v) is 12.6. The highest BCUT2D eigenvalue weighted by Crippen LogP contribution is 2.34. The highest BCUT2D eigenvalue weighted by molar-refractivity contribution is 8.18. The Bertz CT molecular complexity index is 1580. The van der Waals surface area contributed by atoms with Crippen LogP contribution in [0.3, 0.4) is 0 Å². The lowest BCUT2D eigenvalue weighted by atomic mass is 10.1. The van der Waals surface area contributed by atoms with Gasteiger partial charge in [0.25, 0.3) is 11.1 Å². The monoisotopic (exact) mass is 533 g/mol. The molecule has 37 heavy (non-hydrogen) atoms. The Hall–Kier alpha value is -3.88. The molecule has 2 heterocycles. The fourth-order valence-corrected chi connectivity index (χ4v) is 5.15. The second kappa shape index (κ2) is 10.2. The number of carbonyl (C=O) groups excluding carboxylic acids is 3. The van der Waals surface area contributed by atoms with Gasteiger partial charge in [0, 0.05) is 39.9 Å². The maximum absolute atomic E-state index is 13.3. The molecule has 186 valence electrons. The number of anilines is 1. The molecule has 1 aromatic heterocycles. The minimum atomic E-state index is -0.525. The Balaban J connectivity index is 1.37. The van der Waals surface area contributed by atoms with Crippen molar-refractivity contribution in [3.8, 4) is 0 Å². The predicted octanol–water partition coefficient (Wildman–Crippen LogP) is 6.47. The summed E-state index contributed by atoms with van der Waals surface area (Å²) in [5.74, 6) is -1.32. The smallest absolute Gasteiger partial charge is 0.294 e. The van der Waals surface area contributed by atoms with Crippen molar-refractivity contribution >= 4 is 63.1 Å². The number of aromatic nitrogens is 1. The van der Waals surface area contributed by atoms with Gasteiger partial charge in [0.05, 0.1) is 4.91 Å². The quantitative estimate of drug-likeness (QED) is 0.288. The molecule has 1 saturated heterocycles. The van der Waals surface area contributed by atoms with Gasteiger partial charge in [-0.15, -0.1) is 0 Å². The Morgan fingerprint density at radius 3 is 2.62 bits per heavy atom. The largest absolute Gasteiger partial charge is 0.342 e. The number of halogens is 2. The first-order valence-electron chi connectivity index (χ1n) is 11.4. The average molecular weight is 534 g/mol. The zero-order valence-corrected chi connectivity index (χ0v) is 21.3. The molecule has 9 heteroatoms. The highest BCUT2D eigenvalue weighted by Gasteiger charge is 2.36. The molecule has 0 aliphatic carbocycles. The van der Waals surface area contributed by atoms with E-state index in [1.54, 1.807) is 36.4 Å². The lowest BCUT2D eigenvalue weighted by Crippen LogP contribution is -2.36. The van der Waals surface area contributed by atoms with Crippen LogP contribution in [0.25, 0.3) is 17.0 Å². The topological polar surface area (TPSA) is 71.4 Å². The number of rotatable bonds is 6. The third-order valence-electron chi connectivity index (χ3n) is 6.02. The summed E-state index contributed by atoms with van der Waals surface area (Å²) in [5, 5.41) is 3.58. The molecule has 3 amide bonds. The number of amides is 3. The van der Waals surface area contributed by atoms with Gasteiger partial charge in [-0.1, -0.05) is 48.0 Å². The van der Waals surface area contributed by atoms with Crippen molar-refractivity contribution in [3.05, 3.63) is 105 Å². The van der Waals surface area contributed by atoms with Crippen LogP contribution >= 0.6 is 23.4 Å². The lowest BCUT2D eigenvalue weighted by Gasteiger charge is -2.13. The molecule has 4 aromatic rings. The molecule has 0 atom stereocenters. The molecular formula is C28H21ClFN3O3S. The Morgan fingerprint density at radius 2 is 1.84 bits per heavy atom. The lowest BCUT2D eigenvalue weighted by molar-refractivity contribution is -0.127. The first kappa shape index (κ1) is 24.8. The van der Waals surface area contributed by atoms with E-state index in [1.165, 1.54) is 12.1 Å². The molecule has 0 unspecified atom stereocenters. The van der Waals surface area contributed by atoms with Crippen LogP contribution in [-0.4, -0.2) is 33.1 Å². The third-order valence-corrected chi connectivity index (χ3v) is 7.16. The highest BCUT2D eigenvalue weighted by atomic mass is 35.5. The van der Waals surface area contributed by atoms with E-state index in [2.05, 4.69) is 5.32 Å². The van der Waals surface area contributed by atoms with Crippen LogP contribution in [0.15, 0.2) is 77.8 Å². The molecule has 1 aliphatic rings. The fourth-order valence-electron chi connectivity index (χ4n) is 4.15. The molecule has 0 bridgehead atoms. The molecule has 1 aliphatic heterocycles. The number of thioether (sulfide) groups is 1. The number of aryl methyl sites for hydroxylation is 1. The van der Waals surface area contributed by atoms with Crippen molar-refractivity contribution in [2.24, 2.45) is 0 Å². The summed E-state index contributed by atoms with van der Waals surface area (Å²) in [6.45, 7) is 1.93. The zero-order chi connectivity index (χ0) is 26.1. The molecule has 1 N–H and O–H groups in total. The zero-order valence-electron chi connectivity index (χ0n) is 19.7. The van der Waals surface area contributed by atoms with Gasteiger partial charge in [-0.3, -0.25) is 19.3 Å². The number of imide groups is 1. The Labute approximate surface area is 221 Å². The van der Waals surface area contributed by atoms with Crippen LogP contribution in [-0.2, 0) is 16.1 Å². The molecule has 0 radical (unpaired) electrons. The summed E-state index contributed by atoms with van der Waals surface area (Å²) in [7, 11) is 0. The van der Waals surface area contributed by atoms with Gasteiger partial charge in [0.1, 0.15) is 12.4 Å². The second-order valence-corrected chi connectivity index (χ2v) is 10.1. The molecular weight excluding hydrogens is 513 g/mol. The van der Waals surface area contributed by atoms with E-state index in [1.807, 2.05) is 42.0 Å². The van der Waals surface area contributed by atoms with Crippen LogP contribution in [0.2, 0.25) is 5.02 Å². The van der Waals surface area contributed by atoms with E-state index >= 15 is 0 Å². The predicted molar refractivity (Wildman–Crippen MR) is 145 cm³/mol. The molecule has 0 spiro atoms. The van der Waals surface area contributed by atoms with Gasteiger partial charge < -0.3 is 9.88 Å². The fraction of sp³-hybridized carbons (Fsp3) is 0.107. The third kappa shape index (κ3) is 5.30. The van der Waals surface area contributed by atoms with Gasteiger partial charge in [-0.2, -0.15) is 0 Å². The van der Waals surface area contributed by atoms with Gasteiger partial charge in [0.15, 0.2) is 0 Å². The van der Waals surface area contributed by atoms with Gasteiger partial charge >= 0.3 is 0 Å². The van der Waals surface area contributed by atoms with Crippen LogP contribution in [0, 0.1) is 12.7 Å². The van der Waals surface area contributed by atoms with Crippen molar-refractivity contribution in [1.29, 1.82) is 0 Å². The van der Waals surface area contributed by atoms with Crippen molar-refractivity contribution in [2.75, 3.05) is 11.9 Å². The number of fused-ring (bicyclic) bond motifs is 1. The van der Waals surface area contributed by atoms with Crippen molar-refractivity contribution in [2.45, 2.75) is 13.5 Å². The van der Waals surface area contributed by atoms with Gasteiger partial charge in [-0.05, 0) is 66.2 Å². The van der Waals surface area contributed by atoms with Crippen LogP contribution < -0.4 is 5.32 Å². The SMILES string of the molecule is Cc1ccc(Cl)cc1NC(=O)CN1C(=O)S/C(=C\c2cn(Cc3ccc(F)cc3)c3ccccc23)C1=O. The molecule has 1 fully saturated rings. The Kier molecular flexibility index (Phi) is 6.86. The molecule has 5 rings (SSSR count). The minimum absolute atomic E-state index is 0.237. The van der Waals surface area contributed by atoms with Crippen molar-refractivity contribution < 1.29 is 18.8 Å². The van der Waals surface area contributed by atoms with Gasteiger partial charge in [0.2, 0.25) is 5.91 Å². The number of nitrogens with one attached hydrogen (secondary N) is 1. The number of carbonyl (C=O) groups is 3. The van der Waals surface area contributed by atoms with Crippen LogP contribution in [0.1, 0.15) is 16.7 Å². The Morgan fingerprint density at radius 1 is 1.08 bits per heavy atom. The summed E-state index contributed by atoms with van der Waals surface area (Å²) in [5.41, 5.74) is 3.96. The summed E-state index contributed by atoms with van der Waals surface area (Å²) in [6.07, 6.45) is 3.57. The van der Waals surface area contributed by atoms with Crippen LogP contribution in [0.4, 0.5) is 14.9 Å². The van der Waals surface area contributed by atoms with E-state index in [9.17, 15) is 18.8 Å². The van der Waals surface area contributed by atoms with E-state index in [-0.39, 0.29) is 10.7 Å². The maximum Gasteiger partial charge on any atom is 0.294 e. The minimum Gasteiger partial charge on any atom is -0.342 e. The number of para-hydroxylation sites is 1. The van der Waals surface area contributed by atoms with E-state index in [4.69, 9.17) is 11.6 Å². The molecule has 0 saturated carbocycles. The number of hydrogen-bond donors (Lipinski definition) is 1. The van der Waals surface area contributed by atoms with Crippen LogP contribution in [0.5, 0.6) is 0 Å². The summed E-state index contributed by atoms with van der Waals surface area (Å²) in [4.78, 5) is 39.5. The van der Waals surface area contributed by atoms with E-state index in [0.717, 1.165) is 44.3 Å². The normalized spacial score (nSPS) is 14.7. The van der Waals surface area contributed by atoms with Crippen molar-refractivity contribution in [1.82, 2.24) is 9.47 Å². The summed E-state index contributed by atoms with van der Waals surface area (Å²) < 4.78 is 15.3. The number of hydrogen-bond acceptors (Lipinski definition) is 4. The first-order chi connectivity index (χ1) is 17.8. The second-order valence-electron chi connectivity index (χ2n) is 8.63. The standard InChI is InChI=1S/C28H21ClFN3O3S/c1-17-6-9-20(29)13-23(17)31-26(34)16-33-27(35)25(37-28(33)36)12-19-15-32(24-5-3-2-4-22(19)24)14-18-7-10-21(30)11-8-18/h2-13,15H,14,16H2,1H3,(H,31,34)/b25-12-. The van der Waals surface area contributed by atoms with Crippen molar-refractivity contribution in [3.63, 3.8) is 0 Å². The molecule has 3 aromatic carbocycles. The summed E-state index contributed by atoms with van der Waals surface area (Å²) >= 11 is 6.81. The summed E-state index contributed by atoms with van der Waals surface area (Å²) in [6, 6.07) is 19.1. The number of benzene rings is 3. The van der Waals surface area contributed by atoms with Gasteiger partial charge in [-0.25, -0.2) is 4.39 Å².